The van der Waals surface area contributed by atoms with Crippen LogP contribution < -0.4 is 0 Å². The SMILES string of the molecule is CCCCCCCCCCC(OC)=C(OC)C(CCC)OCOCOC(CCC)C(OC)=C(CCCCCCCCCC)OC. The molecule has 268 valence electrons. The van der Waals surface area contributed by atoms with Gasteiger partial charge >= 0.3 is 0 Å². The lowest BCUT2D eigenvalue weighted by molar-refractivity contribution is -0.165. The molecule has 2 unspecified atom stereocenters. The Balaban J connectivity index is 4.93. The van der Waals surface area contributed by atoms with E-state index in [-0.39, 0.29) is 25.8 Å². The first-order chi connectivity index (χ1) is 22.1. The Morgan fingerprint density at radius 3 is 1.02 bits per heavy atom. The Hall–Kier alpha value is -1.44. The summed E-state index contributed by atoms with van der Waals surface area (Å²) in [6.45, 7) is 9.02. The zero-order chi connectivity index (χ0) is 33.4. The summed E-state index contributed by atoms with van der Waals surface area (Å²) >= 11 is 0. The van der Waals surface area contributed by atoms with Crippen molar-refractivity contribution in [2.75, 3.05) is 42.0 Å². The van der Waals surface area contributed by atoms with Crippen LogP contribution in [0.3, 0.4) is 0 Å². The number of rotatable bonds is 34. The Morgan fingerprint density at radius 1 is 0.400 bits per heavy atom. The third-order valence-electron chi connectivity index (χ3n) is 8.39. The van der Waals surface area contributed by atoms with E-state index in [1.54, 1.807) is 28.4 Å². The van der Waals surface area contributed by atoms with Crippen molar-refractivity contribution in [3.05, 3.63) is 23.0 Å². The van der Waals surface area contributed by atoms with Gasteiger partial charge in [-0.3, -0.25) is 0 Å². The molecule has 0 amide bonds. The van der Waals surface area contributed by atoms with E-state index in [0.29, 0.717) is 0 Å². The summed E-state index contributed by atoms with van der Waals surface area (Å²) in [7, 11) is 6.86. The number of hydrogen-bond acceptors (Lipinski definition) is 7. The van der Waals surface area contributed by atoms with Crippen LogP contribution in [0.15, 0.2) is 23.0 Å². The van der Waals surface area contributed by atoms with Crippen LogP contribution in [0.4, 0.5) is 0 Å². The lowest BCUT2D eigenvalue weighted by Crippen LogP contribution is -2.24. The van der Waals surface area contributed by atoms with Crippen molar-refractivity contribution in [2.24, 2.45) is 0 Å². The fourth-order valence-electron chi connectivity index (χ4n) is 5.74. The number of unbranched alkanes of at least 4 members (excludes halogenated alkanes) is 14. The summed E-state index contributed by atoms with van der Waals surface area (Å²) in [5, 5.41) is 0. The van der Waals surface area contributed by atoms with Crippen molar-refractivity contribution in [3.8, 4) is 0 Å². The van der Waals surface area contributed by atoms with E-state index < -0.39 is 0 Å². The molecule has 2 atom stereocenters. The Morgan fingerprint density at radius 2 is 0.733 bits per heavy atom. The Bertz CT molecular complexity index is 648. The van der Waals surface area contributed by atoms with Crippen LogP contribution >= 0.6 is 0 Å². The molecule has 0 radical (unpaired) electrons. The lowest BCUT2D eigenvalue weighted by Gasteiger charge is -2.24. The molecule has 0 aromatic heterocycles. The standard InChI is InChI=1S/C38H74O7/c1-9-13-15-17-19-21-23-25-29-33(39-5)37(41-7)35(27-11-3)44-31-43-32-45-36(28-12-4)38(42-8)34(40-6)30-26-24-22-20-18-16-14-10-2/h35-36H,9-32H2,1-8H3. The number of ether oxygens (including phenoxy) is 7. The van der Waals surface area contributed by atoms with E-state index in [0.717, 1.165) is 74.4 Å². The molecule has 0 aliphatic heterocycles. The Kier molecular flexibility index (Phi) is 31.5. The lowest BCUT2D eigenvalue weighted by atomic mass is 10.1. The van der Waals surface area contributed by atoms with Gasteiger partial charge in [0.05, 0.1) is 28.4 Å². The zero-order valence-electron chi connectivity index (χ0n) is 31.0. The van der Waals surface area contributed by atoms with Gasteiger partial charge < -0.3 is 33.2 Å². The number of methoxy groups -OCH3 is 4. The summed E-state index contributed by atoms with van der Waals surface area (Å²) in [4.78, 5) is 0. The molecule has 0 aromatic carbocycles. The van der Waals surface area contributed by atoms with Gasteiger partial charge in [-0.15, -0.1) is 0 Å². The molecule has 0 heterocycles. The highest BCUT2D eigenvalue weighted by Crippen LogP contribution is 2.25. The van der Waals surface area contributed by atoms with E-state index in [1.165, 1.54) is 89.9 Å². The number of allylic oxidation sites excluding steroid dienone is 2. The molecule has 0 N–H and O–H groups in total. The molecule has 0 rings (SSSR count). The molecule has 7 nitrogen and oxygen atoms in total. The predicted molar refractivity (Wildman–Crippen MR) is 187 cm³/mol. The maximum absolute atomic E-state index is 6.17. The molecule has 0 spiro atoms. The van der Waals surface area contributed by atoms with Gasteiger partial charge in [0.1, 0.15) is 23.7 Å². The minimum absolute atomic E-state index is 0.104. The topological polar surface area (TPSA) is 64.6 Å². The molecular weight excluding hydrogens is 568 g/mol. The van der Waals surface area contributed by atoms with Crippen molar-refractivity contribution in [1.82, 2.24) is 0 Å². The third-order valence-corrected chi connectivity index (χ3v) is 8.39. The fraction of sp³-hybridized carbons (Fsp3) is 0.895. The summed E-state index contributed by atoms with van der Waals surface area (Å²) in [5.74, 6) is 3.29. The molecule has 0 aliphatic rings. The van der Waals surface area contributed by atoms with E-state index >= 15 is 0 Å². The molecule has 0 aliphatic carbocycles. The van der Waals surface area contributed by atoms with Crippen LogP contribution in [-0.4, -0.2) is 54.2 Å². The minimum atomic E-state index is -0.225. The van der Waals surface area contributed by atoms with Crippen LogP contribution in [0.1, 0.15) is 169 Å². The van der Waals surface area contributed by atoms with Gasteiger partial charge in [0.15, 0.2) is 25.1 Å². The average molecular weight is 643 g/mol. The van der Waals surface area contributed by atoms with Crippen molar-refractivity contribution >= 4 is 0 Å². The van der Waals surface area contributed by atoms with Gasteiger partial charge in [0, 0.05) is 12.8 Å². The van der Waals surface area contributed by atoms with Gasteiger partial charge in [-0.05, 0) is 25.7 Å². The summed E-state index contributed by atoms with van der Waals surface area (Å²) in [5.41, 5.74) is 0. The zero-order valence-corrected chi connectivity index (χ0v) is 31.0. The highest BCUT2D eigenvalue weighted by molar-refractivity contribution is 5.08. The average Bonchev–Trinajstić information content (AvgIpc) is 3.05. The smallest absolute Gasteiger partial charge is 0.162 e. The molecule has 0 saturated heterocycles. The molecule has 45 heavy (non-hydrogen) atoms. The summed E-state index contributed by atoms with van der Waals surface area (Å²) in [6, 6.07) is 0. The van der Waals surface area contributed by atoms with Gasteiger partial charge in [-0.1, -0.05) is 130 Å². The van der Waals surface area contributed by atoms with Crippen LogP contribution in [0.25, 0.3) is 0 Å². The first-order valence-electron chi connectivity index (χ1n) is 18.5. The molecule has 0 aromatic rings. The van der Waals surface area contributed by atoms with Crippen molar-refractivity contribution in [1.29, 1.82) is 0 Å². The molecule has 0 saturated carbocycles. The maximum atomic E-state index is 6.17. The van der Waals surface area contributed by atoms with Gasteiger partial charge in [0.25, 0.3) is 0 Å². The van der Waals surface area contributed by atoms with Crippen LogP contribution in [0, 0.1) is 0 Å². The van der Waals surface area contributed by atoms with Gasteiger partial charge in [0.2, 0.25) is 0 Å². The number of hydrogen-bond donors (Lipinski definition) is 0. The van der Waals surface area contributed by atoms with Crippen LogP contribution in [-0.2, 0) is 33.2 Å². The van der Waals surface area contributed by atoms with Crippen LogP contribution in [0.2, 0.25) is 0 Å². The van der Waals surface area contributed by atoms with Gasteiger partial charge in [-0.25, -0.2) is 0 Å². The third kappa shape index (κ3) is 21.9. The molecule has 0 fully saturated rings. The first-order valence-corrected chi connectivity index (χ1v) is 18.5. The van der Waals surface area contributed by atoms with Crippen molar-refractivity contribution in [3.63, 3.8) is 0 Å². The maximum Gasteiger partial charge on any atom is 0.162 e. The quantitative estimate of drug-likeness (QED) is 0.0393. The van der Waals surface area contributed by atoms with E-state index in [2.05, 4.69) is 27.7 Å². The van der Waals surface area contributed by atoms with Crippen molar-refractivity contribution < 1.29 is 33.2 Å². The highest BCUT2D eigenvalue weighted by atomic mass is 16.7. The Labute approximate surface area is 279 Å². The second-order valence-corrected chi connectivity index (χ2v) is 12.2. The highest BCUT2D eigenvalue weighted by Gasteiger charge is 2.23. The normalized spacial score (nSPS) is 14.0. The molecule has 0 bridgehead atoms. The molecular formula is C38H74O7. The van der Waals surface area contributed by atoms with E-state index in [4.69, 9.17) is 33.2 Å². The van der Waals surface area contributed by atoms with E-state index in [1.807, 2.05) is 0 Å². The first kappa shape index (κ1) is 43.6. The monoisotopic (exact) mass is 643 g/mol. The van der Waals surface area contributed by atoms with Gasteiger partial charge in [-0.2, -0.15) is 0 Å². The largest absolute Gasteiger partial charge is 0.497 e. The van der Waals surface area contributed by atoms with Crippen molar-refractivity contribution in [2.45, 2.75) is 181 Å². The fourth-order valence-corrected chi connectivity index (χ4v) is 5.74. The summed E-state index contributed by atoms with van der Waals surface area (Å²) < 4.78 is 41.4. The predicted octanol–water partition coefficient (Wildman–Crippen LogP) is 11.4. The van der Waals surface area contributed by atoms with E-state index in [9.17, 15) is 0 Å². The minimum Gasteiger partial charge on any atom is -0.497 e. The second kappa shape index (κ2) is 32.5. The van der Waals surface area contributed by atoms with Crippen LogP contribution in [0.5, 0.6) is 0 Å². The molecule has 7 heteroatoms. The second-order valence-electron chi connectivity index (χ2n) is 12.2. The summed E-state index contributed by atoms with van der Waals surface area (Å²) in [6.07, 6.45) is 25.3.